The van der Waals surface area contributed by atoms with Crippen LogP contribution in [0.3, 0.4) is 0 Å². The van der Waals surface area contributed by atoms with E-state index in [1.807, 2.05) is 0 Å². The van der Waals surface area contributed by atoms with Gasteiger partial charge < -0.3 is 9.84 Å². The summed E-state index contributed by atoms with van der Waals surface area (Å²) in [4.78, 5) is 13.6. The molecule has 0 fully saturated rings. The number of rotatable bonds is 7. The topological polar surface area (TPSA) is 85.0 Å². The molecule has 2 rings (SSSR count). The minimum Gasteiger partial charge on any atom is -0.507 e. The van der Waals surface area contributed by atoms with Gasteiger partial charge in [-0.2, -0.15) is 22.0 Å². The number of benzene rings is 2. The molecule has 0 radical (unpaired) electrons. The summed E-state index contributed by atoms with van der Waals surface area (Å²) in [5, 5.41) is 20.4. The van der Waals surface area contributed by atoms with Crippen molar-refractivity contribution in [2.24, 2.45) is 4.99 Å². The second kappa shape index (κ2) is 8.55. The van der Waals surface area contributed by atoms with Gasteiger partial charge in [0.2, 0.25) is 0 Å². The molecule has 0 aliphatic rings. The molecule has 0 spiro atoms. The Morgan fingerprint density at radius 1 is 1.13 bits per heavy atom. The molecule has 0 atom stereocenters. The van der Waals surface area contributed by atoms with Crippen molar-refractivity contribution in [3.05, 3.63) is 57.6 Å². The van der Waals surface area contributed by atoms with Crippen LogP contribution in [0.4, 0.5) is 42.1 Å². The lowest BCUT2D eigenvalue weighted by molar-refractivity contribution is -0.384. The van der Waals surface area contributed by atoms with Crippen LogP contribution >= 0.6 is 0 Å². The van der Waals surface area contributed by atoms with Crippen molar-refractivity contribution in [2.45, 2.75) is 18.5 Å². The summed E-state index contributed by atoms with van der Waals surface area (Å²) in [5.41, 5.74) is -2.50. The van der Waals surface area contributed by atoms with Crippen LogP contribution in [0, 0.1) is 10.1 Å². The van der Waals surface area contributed by atoms with Gasteiger partial charge in [-0.25, -0.2) is 8.78 Å². The van der Waals surface area contributed by atoms with Crippen LogP contribution in [0.25, 0.3) is 0 Å². The first-order valence-electron chi connectivity index (χ1n) is 7.83. The van der Waals surface area contributed by atoms with Crippen LogP contribution < -0.4 is 4.74 Å². The highest BCUT2D eigenvalue weighted by Crippen LogP contribution is 2.39. The molecule has 1 N–H and O–H groups in total. The number of ether oxygens (including phenoxy) is 1. The third-order valence-corrected chi connectivity index (χ3v) is 3.58. The van der Waals surface area contributed by atoms with E-state index >= 15 is 0 Å². The molecule has 0 aromatic heterocycles. The van der Waals surface area contributed by atoms with Gasteiger partial charge in [-0.05, 0) is 24.3 Å². The number of alkyl halides is 7. The molecule has 0 aliphatic heterocycles. The van der Waals surface area contributed by atoms with E-state index in [1.165, 1.54) is 0 Å². The third kappa shape index (κ3) is 5.58. The molecule has 0 bridgehead atoms. The van der Waals surface area contributed by atoms with Crippen LogP contribution in [-0.4, -0.2) is 35.2 Å². The molecule has 0 amide bonds. The maximum atomic E-state index is 13.2. The SMILES string of the molecule is O=[N+]([O-])c1ccc(O)c(C=Nc2ccc(OCC(F)(F)C(F)F)c(C(F)(F)F)c2)c1. The lowest BCUT2D eigenvalue weighted by Crippen LogP contribution is -2.34. The Hall–Kier alpha value is -3.38. The minimum absolute atomic E-state index is 0.172. The predicted molar refractivity (Wildman–Crippen MR) is 89.9 cm³/mol. The molecule has 13 heteroatoms. The Labute approximate surface area is 163 Å². The number of hydrogen-bond acceptors (Lipinski definition) is 5. The van der Waals surface area contributed by atoms with E-state index < -0.39 is 52.8 Å². The quantitative estimate of drug-likeness (QED) is 0.272. The molecule has 6 nitrogen and oxygen atoms in total. The highest BCUT2D eigenvalue weighted by atomic mass is 19.4. The van der Waals surface area contributed by atoms with Crippen molar-refractivity contribution in [3.63, 3.8) is 0 Å². The number of aromatic hydroxyl groups is 1. The van der Waals surface area contributed by atoms with E-state index in [1.54, 1.807) is 0 Å². The summed E-state index contributed by atoms with van der Waals surface area (Å²) in [6.45, 7) is -1.97. The lowest BCUT2D eigenvalue weighted by atomic mass is 10.1. The largest absolute Gasteiger partial charge is 0.507 e. The highest BCUT2D eigenvalue weighted by molar-refractivity contribution is 5.86. The number of non-ortho nitro benzene ring substituents is 1. The Kier molecular flexibility index (Phi) is 6.53. The molecule has 2 aromatic carbocycles. The molecule has 0 aliphatic carbocycles. The molecule has 30 heavy (non-hydrogen) atoms. The number of nitrogens with zero attached hydrogens (tertiary/aromatic N) is 2. The van der Waals surface area contributed by atoms with Crippen molar-refractivity contribution >= 4 is 17.6 Å². The molecule has 0 saturated heterocycles. The Balaban J connectivity index is 2.34. The van der Waals surface area contributed by atoms with Crippen LogP contribution in [0.15, 0.2) is 41.4 Å². The van der Waals surface area contributed by atoms with Crippen molar-refractivity contribution in [1.29, 1.82) is 0 Å². The molecule has 0 unspecified atom stereocenters. The van der Waals surface area contributed by atoms with Gasteiger partial charge in [0, 0.05) is 23.9 Å². The van der Waals surface area contributed by atoms with Gasteiger partial charge in [-0.15, -0.1) is 0 Å². The highest BCUT2D eigenvalue weighted by Gasteiger charge is 2.43. The van der Waals surface area contributed by atoms with Crippen LogP contribution in [0.1, 0.15) is 11.1 Å². The van der Waals surface area contributed by atoms with Crippen LogP contribution in [0.5, 0.6) is 11.5 Å². The molecule has 0 heterocycles. The van der Waals surface area contributed by atoms with Gasteiger partial charge in [0.15, 0.2) is 6.61 Å². The zero-order chi connectivity index (χ0) is 22.7. The van der Waals surface area contributed by atoms with Crippen molar-refractivity contribution in [2.75, 3.05) is 6.61 Å². The maximum absolute atomic E-state index is 13.2. The second-order valence-corrected chi connectivity index (χ2v) is 5.79. The number of phenols is 1. The first-order chi connectivity index (χ1) is 13.8. The van der Waals surface area contributed by atoms with E-state index in [4.69, 9.17) is 0 Å². The molecular formula is C17H11F7N2O4. The van der Waals surface area contributed by atoms with Crippen molar-refractivity contribution in [1.82, 2.24) is 0 Å². The average molecular weight is 440 g/mol. The third-order valence-electron chi connectivity index (χ3n) is 3.58. The van der Waals surface area contributed by atoms with Crippen molar-refractivity contribution in [3.8, 4) is 11.5 Å². The summed E-state index contributed by atoms with van der Waals surface area (Å²) in [5.74, 6) is -6.20. The normalized spacial score (nSPS) is 12.5. The standard InChI is InChI=1S/C17H11F7N2O4/c18-15(19)16(20,21)8-30-14-4-1-10(6-12(14)17(22,23)24)25-7-9-5-11(26(28)29)2-3-13(9)27/h1-7,15,27H,8H2. The Morgan fingerprint density at radius 2 is 1.80 bits per heavy atom. The van der Waals surface area contributed by atoms with Gasteiger partial charge in [0.1, 0.15) is 11.5 Å². The predicted octanol–water partition coefficient (Wildman–Crippen LogP) is 5.35. The minimum atomic E-state index is -5.09. The van der Waals surface area contributed by atoms with E-state index in [0.29, 0.717) is 12.1 Å². The molecule has 2 aromatic rings. The van der Waals surface area contributed by atoms with Crippen LogP contribution in [0.2, 0.25) is 0 Å². The zero-order valence-corrected chi connectivity index (χ0v) is 14.5. The first-order valence-corrected chi connectivity index (χ1v) is 7.83. The molecule has 162 valence electrons. The summed E-state index contributed by atoms with van der Waals surface area (Å²) < 4.78 is 94.0. The summed E-state index contributed by atoms with van der Waals surface area (Å²) in [7, 11) is 0. The smallest absolute Gasteiger partial charge is 0.420 e. The number of nitro benzene ring substituents is 1. The maximum Gasteiger partial charge on any atom is 0.420 e. The Bertz CT molecular complexity index is 962. The summed E-state index contributed by atoms with van der Waals surface area (Å²) in [6.07, 6.45) is -8.36. The number of aliphatic imine (C=N–C) groups is 1. The molecular weight excluding hydrogens is 429 g/mol. The van der Waals surface area contributed by atoms with Gasteiger partial charge in [0.05, 0.1) is 16.2 Å². The van der Waals surface area contributed by atoms with Gasteiger partial charge in [-0.3, -0.25) is 15.1 Å². The van der Waals surface area contributed by atoms with Gasteiger partial charge in [-0.1, -0.05) is 0 Å². The lowest BCUT2D eigenvalue weighted by Gasteiger charge is -2.19. The van der Waals surface area contributed by atoms with Crippen molar-refractivity contribution < 1.29 is 45.5 Å². The molecule has 0 saturated carbocycles. The van der Waals surface area contributed by atoms with Gasteiger partial charge in [0.25, 0.3) is 5.69 Å². The van der Waals surface area contributed by atoms with E-state index in [0.717, 1.165) is 30.5 Å². The second-order valence-electron chi connectivity index (χ2n) is 5.79. The summed E-state index contributed by atoms with van der Waals surface area (Å²) >= 11 is 0. The van der Waals surface area contributed by atoms with Crippen LogP contribution in [-0.2, 0) is 6.18 Å². The fourth-order valence-electron chi connectivity index (χ4n) is 2.09. The number of phenolic OH excluding ortho intramolecular Hbond substituents is 1. The number of hydrogen-bond donors (Lipinski definition) is 1. The van der Waals surface area contributed by atoms with E-state index in [2.05, 4.69) is 9.73 Å². The Morgan fingerprint density at radius 3 is 2.37 bits per heavy atom. The van der Waals surface area contributed by atoms with E-state index in [9.17, 15) is 46.0 Å². The summed E-state index contributed by atoms with van der Waals surface area (Å²) in [6, 6.07) is 4.84. The van der Waals surface area contributed by atoms with E-state index in [-0.39, 0.29) is 11.3 Å². The average Bonchev–Trinajstić information content (AvgIpc) is 2.65. The zero-order valence-electron chi connectivity index (χ0n) is 14.5. The number of halogens is 7. The number of nitro groups is 1. The fraction of sp³-hybridized carbons (Fsp3) is 0.235. The first kappa shape index (κ1) is 22.9. The monoisotopic (exact) mass is 440 g/mol. The fourth-order valence-corrected chi connectivity index (χ4v) is 2.09. The van der Waals surface area contributed by atoms with Gasteiger partial charge >= 0.3 is 18.5 Å².